The summed E-state index contributed by atoms with van der Waals surface area (Å²) >= 11 is 0. The lowest BCUT2D eigenvalue weighted by atomic mass is 9.83. The molecule has 1 heterocycles. The largest absolute Gasteiger partial charge is 0.390 e. The van der Waals surface area contributed by atoms with E-state index in [1.165, 1.54) is 56.3 Å². The van der Waals surface area contributed by atoms with Gasteiger partial charge in [-0.25, -0.2) is 0 Å². The molecule has 1 aromatic carbocycles. The fourth-order valence-corrected chi connectivity index (χ4v) is 3.97. The Bertz CT molecular complexity index is 604. The SMILES string of the molecule is CN1CCN(Cc2ccc(/C(=N/OC(C)(C)C)C3CCCCC3)cc2)CC1. The zero-order chi connectivity index (χ0) is 19.3. The molecule has 1 aliphatic carbocycles. The molecule has 27 heavy (non-hydrogen) atoms. The van der Waals surface area contributed by atoms with Crippen LogP contribution < -0.4 is 0 Å². The molecule has 0 atom stereocenters. The van der Waals surface area contributed by atoms with Gasteiger partial charge in [0.25, 0.3) is 0 Å². The van der Waals surface area contributed by atoms with Crippen LogP contribution >= 0.6 is 0 Å². The van der Waals surface area contributed by atoms with Crippen molar-refractivity contribution in [1.82, 2.24) is 9.80 Å². The summed E-state index contributed by atoms with van der Waals surface area (Å²) in [5.41, 5.74) is 3.52. The Morgan fingerprint density at radius 1 is 1.00 bits per heavy atom. The molecule has 4 heteroatoms. The van der Waals surface area contributed by atoms with Gasteiger partial charge in [-0.2, -0.15) is 0 Å². The Morgan fingerprint density at radius 2 is 1.63 bits per heavy atom. The first kappa shape index (κ1) is 20.3. The molecule has 4 nitrogen and oxygen atoms in total. The molecule has 1 aliphatic heterocycles. The minimum Gasteiger partial charge on any atom is -0.390 e. The molecule has 0 unspecified atom stereocenters. The molecule has 3 rings (SSSR count). The molecule has 1 aromatic rings. The lowest BCUT2D eigenvalue weighted by Gasteiger charge is -2.32. The van der Waals surface area contributed by atoms with Crippen molar-refractivity contribution in [1.29, 1.82) is 0 Å². The van der Waals surface area contributed by atoms with Crippen LogP contribution in [0.5, 0.6) is 0 Å². The van der Waals surface area contributed by atoms with Crippen molar-refractivity contribution >= 4 is 5.71 Å². The standard InChI is InChI=1S/C23H37N3O/c1-23(2,3)27-24-22(20-8-6-5-7-9-20)21-12-10-19(11-13-21)18-26-16-14-25(4)15-17-26/h10-13,20H,5-9,14-18H2,1-4H3/b24-22+. The first-order chi connectivity index (χ1) is 12.9. The summed E-state index contributed by atoms with van der Waals surface area (Å²) in [4.78, 5) is 10.8. The third kappa shape index (κ3) is 6.32. The molecule has 0 spiro atoms. The van der Waals surface area contributed by atoms with Gasteiger partial charge >= 0.3 is 0 Å². The monoisotopic (exact) mass is 371 g/mol. The van der Waals surface area contributed by atoms with Gasteiger partial charge in [0, 0.05) is 38.6 Å². The Labute approximate surface area is 165 Å². The average Bonchev–Trinajstić information content (AvgIpc) is 2.65. The molecule has 0 radical (unpaired) electrons. The second-order valence-corrected chi connectivity index (χ2v) is 9.29. The van der Waals surface area contributed by atoms with Crippen molar-refractivity contribution in [3.8, 4) is 0 Å². The second-order valence-electron chi connectivity index (χ2n) is 9.29. The van der Waals surface area contributed by atoms with Crippen LogP contribution in [0.25, 0.3) is 0 Å². The van der Waals surface area contributed by atoms with E-state index in [2.05, 4.69) is 67.0 Å². The average molecular weight is 372 g/mol. The van der Waals surface area contributed by atoms with Gasteiger partial charge in [0.2, 0.25) is 0 Å². The Kier molecular flexibility index (Phi) is 6.93. The van der Waals surface area contributed by atoms with Crippen LogP contribution in [0.2, 0.25) is 0 Å². The summed E-state index contributed by atoms with van der Waals surface area (Å²) in [6.07, 6.45) is 6.43. The lowest BCUT2D eigenvalue weighted by molar-refractivity contribution is 0.000000772. The third-order valence-corrected chi connectivity index (χ3v) is 5.66. The van der Waals surface area contributed by atoms with Crippen molar-refractivity contribution in [2.75, 3.05) is 33.2 Å². The summed E-state index contributed by atoms with van der Waals surface area (Å²) in [5, 5.41) is 4.64. The number of oxime groups is 1. The molecule has 1 saturated heterocycles. The van der Waals surface area contributed by atoms with E-state index >= 15 is 0 Å². The molecular weight excluding hydrogens is 334 g/mol. The van der Waals surface area contributed by atoms with Crippen molar-refractivity contribution in [3.63, 3.8) is 0 Å². The summed E-state index contributed by atoms with van der Waals surface area (Å²) in [5.74, 6) is 0.532. The molecule has 0 N–H and O–H groups in total. The summed E-state index contributed by atoms with van der Waals surface area (Å²) in [6, 6.07) is 9.07. The van der Waals surface area contributed by atoms with Crippen molar-refractivity contribution in [2.24, 2.45) is 11.1 Å². The number of piperazine rings is 1. The fourth-order valence-electron chi connectivity index (χ4n) is 3.97. The maximum atomic E-state index is 5.84. The van der Waals surface area contributed by atoms with Crippen molar-refractivity contribution < 1.29 is 4.84 Å². The van der Waals surface area contributed by atoms with Crippen LogP contribution in [-0.4, -0.2) is 54.3 Å². The number of likely N-dealkylation sites (N-methyl/N-ethyl adjacent to an activating group) is 1. The van der Waals surface area contributed by atoms with Gasteiger partial charge in [0.15, 0.2) is 0 Å². The van der Waals surface area contributed by atoms with Crippen LogP contribution in [0.4, 0.5) is 0 Å². The number of rotatable bonds is 5. The highest BCUT2D eigenvalue weighted by Crippen LogP contribution is 2.28. The maximum Gasteiger partial charge on any atom is 0.129 e. The van der Waals surface area contributed by atoms with E-state index in [0.717, 1.165) is 25.3 Å². The topological polar surface area (TPSA) is 28.1 Å². The third-order valence-electron chi connectivity index (χ3n) is 5.66. The van der Waals surface area contributed by atoms with Gasteiger partial charge in [0.1, 0.15) is 5.60 Å². The van der Waals surface area contributed by atoms with E-state index < -0.39 is 0 Å². The second kappa shape index (κ2) is 9.20. The molecule has 0 bridgehead atoms. The van der Waals surface area contributed by atoms with Gasteiger partial charge in [0.05, 0.1) is 5.71 Å². The zero-order valence-corrected chi connectivity index (χ0v) is 17.7. The van der Waals surface area contributed by atoms with Crippen LogP contribution in [0, 0.1) is 5.92 Å². The van der Waals surface area contributed by atoms with E-state index in [9.17, 15) is 0 Å². The lowest BCUT2D eigenvalue weighted by Crippen LogP contribution is -2.43. The number of nitrogens with zero attached hydrogens (tertiary/aromatic N) is 3. The predicted octanol–water partition coefficient (Wildman–Crippen LogP) is 4.53. The van der Waals surface area contributed by atoms with Gasteiger partial charge in [-0.1, -0.05) is 48.7 Å². The summed E-state index contributed by atoms with van der Waals surface area (Å²) in [6.45, 7) is 11.9. The first-order valence-electron chi connectivity index (χ1n) is 10.7. The molecular formula is C23H37N3O. The van der Waals surface area contributed by atoms with Gasteiger partial charge in [-0.05, 0) is 51.8 Å². The van der Waals surface area contributed by atoms with E-state index in [1.54, 1.807) is 0 Å². The fraction of sp³-hybridized carbons (Fsp3) is 0.696. The van der Waals surface area contributed by atoms with Gasteiger partial charge in [-0.3, -0.25) is 4.90 Å². The molecule has 0 aromatic heterocycles. The highest BCUT2D eigenvalue weighted by atomic mass is 16.6. The zero-order valence-electron chi connectivity index (χ0n) is 17.7. The number of benzene rings is 1. The van der Waals surface area contributed by atoms with Crippen molar-refractivity contribution in [2.45, 2.75) is 65.0 Å². The Balaban J connectivity index is 1.70. The van der Waals surface area contributed by atoms with Crippen LogP contribution in [0.3, 0.4) is 0 Å². The van der Waals surface area contributed by atoms with E-state index in [-0.39, 0.29) is 5.60 Å². The Morgan fingerprint density at radius 3 is 2.22 bits per heavy atom. The maximum absolute atomic E-state index is 5.84. The highest BCUT2D eigenvalue weighted by molar-refractivity contribution is 6.02. The summed E-state index contributed by atoms with van der Waals surface area (Å²) < 4.78 is 0. The van der Waals surface area contributed by atoms with E-state index in [4.69, 9.17) is 4.84 Å². The van der Waals surface area contributed by atoms with Crippen LogP contribution in [0.15, 0.2) is 29.4 Å². The predicted molar refractivity (Wildman–Crippen MR) is 113 cm³/mol. The number of hydrogen-bond donors (Lipinski definition) is 0. The van der Waals surface area contributed by atoms with Crippen molar-refractivity contribution in [3.05, 3.63) is 35.4 Å². The van der Waals surface area contributed by atoms with Gasteiger partial charge in [-0.15, -0.1) is 0 Å². The Hall–Kier alpha value is -1.39. The van der Waals surface area contributed by atoms with Gasteiger partial charge < -0.3 is 9.74 Å². The first-order valence-corrected chi connectivity index (χ1v) is 10.7. The van der Waals surface area contributed by atoms with E-state index in [0.29, 0.717) is 5.92 Å². The summed E-state index contributed by atoms with van der Waals surface area (Å²) in [7, 11) is 2.21. The molecule has 0 amide bonds. The smallest absolute Gasteiger partial charge is 0.129 e. The molecule has 1 saturated carbocycles. The number of hydrogen-bond acceptors (Lipinski definition) is 4. The quantitative estimate of drug-likeness (QED) is 0.562. The minimum atomic E-state index is -0.249. The van der Waals surface area contributed by atoms with Crippen LogP contribution in [-0.2, 0) is 11.4 Å². The minimum absolute atomic E-state index is 0.249. The normalized spacial score (nSPS) is 21.4. The molecule has 2 aliphatic rings. The van der Waals surface area contributed by atoms with E-state index in [1.807, 2.05) is 0 Å². The van der Waals surface area contributed by atoms with Crippen LogP contribution in [0.1, 0.15) is 64.0 Å². The molecule has 2 fully saturated rings. The highest BCUT2D eigenvalue weighted by Gasteiger charge is 2.23. The molecule has 150 valence electrons.